The Morgan fingerprint density at radius 2 is 2.10 bits per heavy atom. The Hall–Kier alpha value is -2.60. The summed E-state index contributed by atoms with van der Waals surface area (Å²) in [6.07, 6.45) is 7.15. The number of thiophene rings is 1. The lowest BCUT2D eigenvalue weighted by Gasteiger charge is -2.50. The van der Waals surface area contributed by atoms with Crippen LogP contribution >= 0.6 is 11.3 Å². The third kappa shape index (κ3) is 2.81. The molecular weight excluding hydrogens is 397 g/mol. The zero-order valence-corrected chi connectivity index (χ0v) is 18.0. The quantitative estimate of drug-likeness (QED) is 0.444. The first kappa shape index (κ1) is 19.4. The zero-order chi connectivity index (χ0) is 20.9. The molecule has 0 unspecified atom stereocenters. The van der Waals surface area contributed by atoms with E-state index in [0.717, 1.165) is 47.6 Å². The molecule has 3 heterocycles. The molecule has 3 atom stereocenters. The van der Waals surface area contributed by atoms with Crippen LogP contribution in [0.2, 0.25) is 0 Å². The average Bonchev–Trinajstić information content (AvgIpc) is 3.42. The summed E-state index contributed by atoms with van der Waals surface area (Å²) in [7, 11) is 0. The molecule has 4 nitrogen and oxygen atoms in total. The molecule has 0 radical (unpaired) electrons. The van der Waals surface area contributed by atoms with Crippen molar-refractivity contribution in [2.24, 2.45) is 16.5 Å². The lowest BCUT2D eigenvalue weighted by atomic mass is 9.57. The Kier molecular flexibility index (Phi) is 4.51. The molecule has 2 aromatic heterocycles. The van der Waals surface area contributed by atoms with Crippen LogP contribution in [-0.2, 0) is 12.1 Å². The summed E-state index contributed by atoms with van der Waals surface area (Å²) in [5.41, 5.74) is 3.30. The van der Waals surface area contributed by atoms with Gasteiger partial charge in [0, 0.05) is 28.3 Å². The number of nitroso groups, excluding NO2 is 1. The molecule has 1 fully saturated rings. The van der Waals surface area contributed by atoms with Crippen molar-refractivity contribution in [3.8, 4) is 11.3 Å². The molecule has 0 N–H and O–H groups in total. The van der Waals surface area contributed by atoms with Crippen LogP contribution in [0.5, 0.6) is 0 Å². The molecule has 1 aliphatic carbocycles. The Bertz CT molecular complexity index is 1120. The summed E-state index contributed by atoms with van der Waals surface area (Å²) in [6, 6.07) is 10.5. The Labute approximate surface area is 179 Å². The Morgan fingerprint density at radius 1 is 1.30 bits per heavy atom. The Morgan fingerprint density at radius 3 is 2.80 bits per heavy atom. The van der Waals surface area contributed by atoms with Crippen molar-refractivity contribution in [2.75, 3.05) is 0 Å². The maximum atomic E-state index is 13.4. The van der Waals surface area contributed by atoms with Crippen LogP contribution in [0.1, 0.15) is 43.7 Å². The number of nitrogens with zero attached hydrogens (tertiary/aromatic N) is 3. The maximum absolute atomic E-state index is 13.4. The standard InChI is InChI=1S/C24H24FN3OS/c1-23-14-28-15-26-22(16-8-10-18(25)11-9-16)19(28)13-17(23)5-3-6-20(23)24(2,27-29)21-7-4-12-30-21/h4,7-13,15,20H,3,5-6,14H2,1-2H3/t20-,23-,24-/m0/s1. The van der Waals surface area contributed by atoms with Crippen molar-refractivity contribution in [3.05, 3.63) is 75.0 Å². The van der Waals surface area contributed by atoms with Crippen molar-refractivity contribution in [3.63, 3.8) is 0 Å². The number of aromatic nitrogens is 2. The van der Waals surface area contributed by atoms with Gasteiger partial charge in [0.15, 0.2) is 0 Å². The fourth-order valence-electron chi connectivity index (χ4n) is 5.54. The largest absolute Gasteiger partial charge is 0.330 e. The van der Waals surface area contributed by atoms with Gasteiger partial charge in [-0.25, -0.2) is 9.37 Å². The third-order valence-corrected chi connectivity index (χ3v) is 8.23. The first-order valence-electron chi connectivity index (χ1n) is 10.4. The van der Waals surface area contributed by atoms with Gasteiger partial charge < -0.3 is 4.57 Å². The van der Waals surface area contributed by atoms with E-state index in [1.807, 2.05) is 30.8 Å². The SMILES string of the molecule is C[C@]12Cn3cnc(-c4ccc(F)cc4)c3C=C1CCC[C@@H]2[C@](C)(N=O)c1cccs1. The van der Waals surface area contributed by atoms with E-state index in [2.05, 4.69) is 27.7 Å². The molecule has 0 bridgehead atoms. The van der Waals surface area contributed by atoms with E-state index in [4.69, 9.17) is 0 Å². The minimum atomic E-state index is -0.750. The number of benzene rings is 1. The molecule has 0 saturated heterocycles. The van der Waals surface area contributed by atoms with E-state index in [0.29, 0.717) is 0 Å². The molecule has 1 saturated carbocycles. The van der Waals surface area contributed by atoms with Crippen LogP contribution in [0, 0.1) is 22.1 Å². The van der Waals surface area contributed by atoms with Gasteiger partial charge in [0.25, 0.3) is 0 Å². The van der Waals surface area contributed by atoms with Crippen LogP contribution in [0.15, 0.2) is 58.9 Å². The highest BCUT2D eigenvalue weighted by Crippen LogP contribution is 2.57. The van der Waals surface area contributed by atoms with Crippen molar-refractivity contribution < 1.29 is 4.39 Å². The van der Waals surface area contributed by atoms with Crippen molar-refractivity contribution in [2.45, 2.75) is 45.2 Å². The third-order valence-electron chi connectivity index (χ3n) is 7.14. The van der Waals surface area contributed by atoms with Crippen LogP contribution in [-0.4, -0.2) is 9.55 Å². The Balaban J connectivity index is 1.58. The maximum Gasteiger partial charge on any atom is 0.137 e. The van der Waals surface area contributed by atoms with Gasteiger partial charge in [-0.2, -0.15) is 0 Å². The predicted molar refractivity (Wildman–Crippen MR) is 119 cm³/mol. The van der Waals surface area contributed by atoms with Gasteiger partial charge in [0.1, 0.15) is 11.4 Å². The summed E-state index contributed by atoms with van der Waals surface area (Å²) in [5, 5.41) is 5.73. The minimum absolute atomic E-state index is 0.117. The molecule has 30 heavy (non-hydrogen) atoms. The molecule has 0 amide bonds. The highest BCUT2D eigenvalue weighted by Gasteiger charge is 2.53. The highest BCUT2D eigenvalue weighted by molar-refractivity contribution is 7.10. The summed E-state index contributed by atoms with van der Waals surface area (Å²) in [4.78, 5) is 17.9. The highest BCUT2D eigenvalue weighted by atomic mass is 32.1. The second kappa shape index (κ2) is 6.98. The molecule has 6 heteroatoms. The number of halogens is 1. The summed E-state index contributed by atoms with van der Waals surface area (Å²) in [6.45, 7) is 5.04. The molecule has 154 valence electrons. The number of imidazole rings is 1. The monoisotopic (exact) mass is 421 g/mol. The normalized spacial score (nSPS) is 25.0. The van der Waals surface area contributed by atoms with E-state index >= 15 is 0 Å². The molecule has 5 rings (SSSR count). The molecule has 2 aliphatic rings. The topological polar surface area (TPSA) is 47.2 Å². The second-order valence-corrected chi connectivity index (χ2v) is 9.81. The molecule has 1 aliphatic heterocycles. The van der Waals surface area contributed by atoms with E-state index in [9.17, 15) is 9.30 Å². The number of rotatable bonds is 4. The minimum Gasteiger partial charge on any atom is -0.330 e. The van der Waals surface area contributed by atoms with Gasteiger partial charge in [-0.3, -0.25) is 0 Å². The van der Waals surface area contributed by atoms with Crippen molar-refractivity contribution in [1.82, 2.24) is 9.55 Å². The van der Waals surface area contributed by atoms with Crippen LogP contribution < -0.4 is 0 Å². The molecule has 0 spiro atoms. The second-order valence-electron chi connectivity index (χ2n) is 8.86. The fourth-order valence-corrected chi connectivity index (χ4v) is 6.42. The van der Waals surface area contributed by atoms with Gasteiger partial charge in [-0.05, 0) is 68.0 Å². The van der Waals surface area contributed by atoms with Crippen LogP contribution in [0.25, 0.3) is 17.3 Å². The van der Waals surface area contributed by atoms with Gasteiger partial charge in [-0.15, -0.1) is 16.2 Å². The van der Waals surface area contributed by atoms with Gasteiger partial charge >= 0.3 is 0 Å². The van der Waals surface area contributed by atoms with Crippen LogP contribution in [0.4, 0.5) is 4.39 Å². The first-order valence-corrected chi connectivity index (χ1v) is 11.2. The van der Waals surface area contributed by atoms with Crippen molar-refractivity contribution >= 4 is 17.4 Å². The van der Waals surface area contributed by atoms with Gasteiger partial charge in [0.2, 0.25) is 0 Å². The number of fused-ring (bicyclic) bond motifs is 2. The lowest BCUT2D eigenvalue weighted by molar-refractivity contribution is 0.0828. The predicted octanol–water partition coefficient (Wildman–Crippen LogP) is 6.64. The van der Waals surface area contributed by atoms with E-state index in [1.54, 1.807) is 23.5 Å². The number of allylic oxidation sites excluding steroid dienone is 1. The van der Waals surface area contributed by atoms with E-state index in [-0.39, 0.29) is 17.2 Å². The van der Waals surface area contributed by atoms with Crippen molar-refractivity contribution in [1.29, 1.82) is 0 Å². The average molecular weight is 422 g/mol. The molecule has 1 aromatic carbocycles. The number of hydrogen-bond donors (Lipinski definition) is 0. The summed E-state index contributed by atoms with van der Waals surface area (Å²) >= 11 is 1.61. The lowest BCUT2D eigenvalue weighted by Crippen LogP contribution is -2.47. The van der Waals surface area contributed by atoms with E-state index < -0.39 is 5.54 Å². The zero-order valence-electron chi connectivity index (χ0n) is 17.1. The van der Waals surface area contributed by atoms with Gasteiger partial charge in [0.05, 0.1) is 17.7 Å². The molecular formula is C24H24FN3OS. The fraction of sp³-hybridized carbons (Fsp3) is 0.375. The van der Waals surface area contributed by atoms with E-state index in [1.165, 1.54) is 17.7 Å². The summed E-state index contributed by atoms with van der Waals surface area (Å²) in [5.74, 6) is -0.131. The number of hydrogen-bond acceptors (Lipinski definition) is 4. The van der Waals surface area contributed by atoms with Crippen LogP contribution in [0.3, 0.4) is 0 Å². The molecule has 3 aromatic rings. The smallest absolute Gasteiger partial charge is 0.137 e. The first-order chi connectivity index (χ1) is 14.5. The summed E-state index contributed by atoms with van der Waals surface area (Å²) < 4.78 is 15.6. The van der Waals surface area contributed by atoms with Gasteiger partial charge in [-0.1, -0.05) is 23.7 Å².